The molecular weight excluding hydrogens is 318 g/mol. The molecule has 0 aliphatic carbocycles. The molecule has 2 aromatic heterocycles. The minimum absolute atomic E-state index is 0.0149. The monoisotopic (exact) mass is 327 g/mol. The van der Waals surface area contributed by atoms with E-state index >= 15 is 0 Å². The molecule has 20 heavy (non-hydrogen) atoms. The molecule has 0 amide bonds. The molecule has 2 heterocycles. The Bertz CT molecular complexity index is 817. The van der Waals surface area contributed by atoms with Gasteiger partial charge in [-0.3, -0.25) is 9.78 Å². The number of benzene rings is 1. The fourth-order valence-corrected chi connectivity index (χ4v) is 2.38. The molecule has 0 fully saturated rings. The van der Waals surface area contributed by atoms with Gasteiger partial charge in [-0.05, 0) is 31.2 Å². The maximum Gasteiger partial charge on any atom is 0.161 e. The number of Topliss-reactive ketones (excluding diaryl/α,β-unsaturated/α-hetero) is 1. The van der Waals surface area contributed by atoms with Gasteiger partial charge in [-0.25, -0.2) is 9.97 Å². The first-order valence-electron chi connectivity index (χ1n) is 6.02. The third-order valence-electron chi connectivity index (χ3n) is 3.02. The molecule has 5 heteroatoms. The van der Waals surface area contributed by atoms with Crippen molar-refractivity contribution in [1.29, 1.82) is 0 Å². The third-order valence-corrected chi connectivity index (χ3v) is 3.51. The summed E-state index contributed by atoms with van der Waals surface area (Å²) >= 11 is 3.45. The number of halogens is 1. The van der Waals surface area contributed by atoms with E-state index in [-0.39, 0.29) is 5.78 Å². The van der Waals surface area contributed by atoms with Crippen molar-refractivity contribution in [3.63, 3.8) is 0 Å². The predicted molar refractivity (Wildman–Crippen MR) is 80.5 cm³/mol. The second kappa shape index (κ2) is 5.09. The Morgan fingerprint density at radius 3 is 2.80 bits per heavy atom. The maximum atomic E-state index is 11.5. The fourth-order valence-electron chi connectivity index (χ4n) is 2.02. The van der Waals surface area contributed by atoms with E-state index in [1.807, 2.05) is 18.2 Å². The summed E-state index contributed by atoms with van der Waals surface area (Å²) in [5.41, 5.74) is 3.01. The smallest absolute Gasteiger partial charge is 0.161 e. The summed E-state index contributed by atoms with van der Waals surface area (Å²) in [5, 5.41) is 0.921. The number of ketones is 1. The van der Waals surface area contributed by atoms with Crippen molar-refractivity contribution in [2.24, 2.45) is 0 Å². The Morgan fingerprint density at radius 2 is 2.00 bits per heavy atom. The number of carbonyl (C=O) groups is 1. The van der Waals surface area contributed by atoms with Crippen LogP contribution in [0.5, 0.6) is 0 Å². The topological polar surface area (TPSA) is 55.7 Å². The number of hydrogen-bond acceptors (Lipinski definition) is 4. The van der Waals surface area contributed by atoms with Crippen LogP contribution in [0.2, 0.25) is 0 Å². The highest BCUT2D eigenvalue weighted by Crippen LogP contribution is 2.27. The summed E-state index contributed by atoms with van der Waals surface area (Å²) in [5.74, 6) is -0.0149. The van der Waals surface area contributed by atoms with Gasteiger partial charge < -0.3 is 0 Å². The van der Waals surface area contributed by atoms with E-state index in [4.69, 9.17) is 0 Å². The zero-order valence-corrected chi connectivity index (χ0v) is 12.3. The van der Waals surface area contributed by atoms with Gasteiger partial charge in [-0.15, -0.1) is 0 Å². The lowest BCUT2D eigenvalue weighted by Crippen LogP contribution is -1.95. The Labute approximate surface area is 124 Å². The van der Waals surface area contributed by atoms with Crippen LogP contribution in [0.1, 0.15) is 17.3 Å². The molecule has 0 radical (unpaired) electrons. The minimum Gasteiger partial charge on any atom is -0.294 e. The largest absolute Gasteiger partial charge is 0.294 e. The van der Waals surface area contributed by atoms with Crippen molar-refractivity contribution < 1.29 is 4.79 Å². The van der Waals surface area contributed by atoms with Gasteiger partial charge in [0.15, 0.2) is 5.78 Å². The Balaban J connectivity index is 2.26. The first-order valence-corrected chi connectivity index (χ1v) is 6.81. The second-order valence-electron chi connectivity index (χ2n) is 4.40. The molecule has 0 unspecified atom stereocenters. The SMILES string of the molecule is CC(=O)c1cncc(-c2ncnc3ccc(Br)cc23)c1. The molecule has 0 aliphatic rings. The number of hydrogen-bond donors (Lipinski definition) is 0. The average Bonchev–Trinajstić information content (AvgIpc) is 2.46. The summed E-state index contributed by atoms with van der Waals surface area (Å²) in [7, 11) is 0. The molecule has 0 saturated carbocycles. The average molecular weight is 328 g/mol. The molecule has 1 aromatic carbocycles. The highest BCUT2D eigenvalue weighted by atomic mass is 79.9. The minimum atomic E-state index is -0.0149. The van der Waals surface area contributed by atoms with Gasteiger partial charge in [-0.2, -0.15) is 0 Å². The highest BCUT2D eigenvalue weighted by Gasteiger charge is 2.09. The van der Waals surface area contributed by atoms with Crippen molar-refractivity contribution in [2.45, 2.75) is 6.92 Å². The summed E-state index contributed by atoms with van der Waals surface area (Å²) in [6.07, 6.45) is 4.78. The molecule has 0 spiro atoms. The maximum absolute atomic E-state index is 11.5. The van der Waals surface area contributed by atoms with Crippen LogP contribution >= 0.6 is 15.9 Å². The van der Waals surface area contributed by atoms with E-state index in [1.54, 1.807) is 18.5 Å². The van der Waals surface area contributed by atoms with Crippen LogP contribution in [0, 0.1) is 0 Å². The van der Waals surface area contributed by atoms with Gasteiger partial charge >= 0.3 is 0 Å². The lowest BCUT2D eigenvalue weighted by Gasteiger charge is -2.06. The van der Waals surface area contributed by atoms with E-state index in [0.717, 1.165) is 26.6 Å². The Kier molecular flexibility index (Phi) is 3.28. The van der Waals surface area contributed by atoms with Crippen molar-refractivity contribution in [3.8, 4) is 11.3 Å². The summed E-state index contributed by atoms with van der Waals surface area (Å²) in [6.45, 7) is 1.52. The first-order chi connectivity index (χ1) is 9.65. The Morgan fingerprint density at radius 1 is 1.15 bits per heavy atom. The van der Waals surface area contributed by atoms with E-state index in [2.05, 4.69) is 30.9 Å². The fraction of sp³-hybridized carbons (Fsp3) is 0.0667. The van der Waals surface area contributed by atoms with Crippen LogP contribution in [0.15, 0.2) is 47.5 Å². The molecule has 98 valence electrons. The van der Waals surface area contributed by atoms with Gasteiger partial charge in [-0.1, -0.05) is 15.9 Å². The number of fused-ring (bicyclic) bond motifs is 1. The number of aromatic nitrogens is 3. The van der Waals surface area contributed by atoms with Crippen LogP contribution in [0.25, 0.3) is 22.2 Å². The van der Waals surface area contributed by atoms with Crippen LogP contribution < -0.4 is 0 Å². The van der Waals surface area contributed by atoms with Crippen molar-refractivity contribution in [2.75, 3.05) is 0 Å². The summed E-state index contributed by atoms with van der Waals surface area (Å²) in [6, 6.07) is 7.62. The quantitative estimate of drug-likeness (QED) is 0.674. The summed E-state index contributed by atoms with van der Waals surface area (Å²) < 4.78 is 0.955. The number of rotatable bonds is 2. The van der Waals surface area contributed by atoms with E-state index in [1.165, 1.54) is 13.3 Å². The van der Waals surface area contributed by atoms with E-state index < -0.39 is 0 Å². The highest BCUT2D eigenvalue weighted by molar-refractivity contribution is 9.10. The van der Waals surface area contributed by atoms with Crippen LogP contribution in [0.3, 0.4) is 0 Å². The molecule has 0 atom stereocenters. The van der Waals surface area contributed by atoms with Crippen molar-refractivity contribution in [3.05, 3.63) is 53.0 Å². The van der Waals surface area contributed by atoms with Gasteiger partial charge in [0, 0.05) is 33.4 Å². The zero-order chi connectivity index (χ0) is 14.1. The van der Waals surface area contributed by atoms with Gasteiger partial charge in [0.1, 0.15) is 6.33 Å². The predicted octanol–water partition coefficient (Wildman–Crippen LogP) is 3.66. The standard InChI is InChI=1S/C15H10BrN3O/c1-9(20)10-4-11(7-17-6-10)15-13-5-12(16)2-3-14(13)18-8-19-15/h2-8H,1H3. The first kappa shape index (κ1) is 12.9. The lowest BCUT2D eigenvalue weighted by molar-refractivity contribution is 0.101. The van der Waals surface area contributed by atoms with Crippen molar-refractivity contribution in [1.82, 2.24) is 15.0 Å². The van der Waals surface area contributed by atoms with Crippen LogP contribution in [-0.2, 0) is 0 Å². The molecular formula is C15H10BrN3O. The Hall–Kier alpha value is -2.14. The lowest BCUT2D eigenvalue weighted by atomic mass is 10.1. The second-order valence-corrected chi connectivity index (χ2v) is 5.32. The molecule has 0 N–H and O–H groups in total. The third kappa shape index (κ3) is 2.32. The number of nitrogens with zero attached hydrogens (tertiary/aromatic N) is 3. The number of pyridine rings is 1. The van der Waals surface area contributed by atoms with Gasteiger partial charge in [0.2, 0.25) is 0 Å². The molecule has 4 nitrogen and oxygen atoms in total. The van der Waals surface area contributed by atoms with Crippen LogP contribution in [-0.4, -0.2) is 20.7 Å². The molecule has 3 aromatic rings. The van der Waals surface area contributed by atoms with Gasteiger partial charge in [0.25, 0.3) is 0 Å². The normalized spacial score (nSPS) is 10.7. The molecule has 0 bridgehead atoms. The number of carbonyl (C=O) groups excluding carboxylic acids is 1. The van der Waals surface area contributed by atoms with E-state index in [9.17, 15) is 4.79 Å². The van der Waals surface area contributed by atoms with E-state index in [0.29, 0.717) is 5.56 Å². The van der Waals surface area contributed by atoms with Crippen LogP contribution in [0.4, 0.5) is 0 Å². The molecule has 3 rings (SSSR count). The molecule has 0 saturated heterocycles. The van der Waals surface area contributed by atoms with Gasteiger partial charge in [0.05, 0.1) is 11.2 Å². The molecule has 0 aliphatic heterocycles. The zero-order valence-electron chi connectivity index (χ0n) is 10.7. The summed E-state index contributed by atoms with van der Waals surface area (Å²) in [4.78, 5) is 24.2. The van der Waals surface area contributed by atoms with Crippen molar-refractivity contribution >= 4 is 32.6 Å².